The van der Waals surface area contributed by atoms with E-state index in [1.165, 1.54) is 32.1 Å². The number of nitrogens with zero attached hydrogens (tertiary/aromatic N) is 1. The smallest absolute Gasteiger partial charge is 0.255 e. The summed E-state index contributed by atoms with van der Waals surface area (Å²) in [7, 11) is 0. The number of carbonyl (C=O) groups is 1. The van der Waals surface area contributed by atoms with Crippen LogP contribution in [0.4, 0.5) is 0 Å². The summed E-state index contributed by atoms with van der Waals surface area (Å²) >= 11 is 0. The van der Waals surface area contributed by atoms with E-state index in [-0.39, 0.29) is 19.2 Å². The van der Waals surface area contributed by atoms with Gasteiger partial charge in [0, 0.05) is 26.2 Å². The van der Waals surface area contributed by atoms with Gasteiger partial charge in [0.1, 0.15) is 0 Å². The van der Waals surface area contributed by atoms with Crippen LogP contribution in [-0.4, -0.2) is 47.9 Å². The van der Waals surface area contributed by atoms with Crippen LogP contribution in [0.25, 0.3) is 0 Å². The van der Waals surface area contributed by atoms with Gasteiger partial charge in [0.2, 0.25) is 6.79 Å². The van der Waals surface area contributed by atoms with E-state index >= 15 is 0 Å². The van der Waals surface area contributed by atoms with Gasteiger partial charge < -0.3 is 24.8 Å². The van der Waals surface area contributed by atoms with Crippen LogP contribution in [0.5, 0.6) is 11.5 Å². The lowest BCUT2D eigenvalue weighted by atomic mass is 9.86. The van der Waals surface area contributed by atoms with Gasteiger partial charge >= 0.3 is 0 Å². The third-order valence-electron chi connectivity index (χ3n) is 6.42. The number of benzene rings is 1. The fourth-order valence-corrected chi connectivity index (χ4v) is 4.72. The van der Waals surface area contributed by atoms with Crippen molar-refractivity contribution in [3.8, 4) is 11.5 Å². The zero-order chi connectivity index (χ0) is 19.4. The van der Waals surface area contributed by atoms with Crippen LogP contribution < -0.4 is 14.8 Å². The molecule has 1 unspecified atom stereocenters. The second-order valence-corrected chi connectivity index (χ2v) is 8.51. The van der Waals surface area contributed by atoms with E-state index in [1.54, 1.807) is 0 Å². The molecule has 6 heteroatoms. The van der Waals surface area contributed by atoms with E-state index in [2.05, 4.69) is 5.32 Å². The Hall–Kier alpha value is -1.79. The van der Waals surface area contributed by atoms with Crippen molar-refractivity contribution in [2.75, 3.05) is 26.4 Å². The van der Waals surface area contributed by atoms with Crippen molar-refractivity contribution in [2.24, 2.45) is 5.92 Å². The molecule has 1 saturated heterocycles. The highest BCUT2D eigenvalue weighted by Gasteiger charge is 2.41. The third kappa shape index (κ3) is 4.44. The number of ether oxygens (including phenoxy) is 2. The van der Waals surface area contributed by atoms with Gasteiger partial charge in [0.05, 0.1) is 0 Å². The number of piperidine rings is 1. The minimum Gasteiger partial charge on any atom is -0.454 e. The standard InChI is InChI=1S/C22H32N2O4/c25-21-22(26,10-4-11-24(21)12-9-17-5-2-1-3-6-17)15-23-14-18-7-8-19-20(13-18)28-16-27-19/h7-8,13,17,23,26H,1-6,9-12,14-16H2. The summed E-state index contributed by atoms with van der Waals surface area (Å²) in [5, 5.41) is 14.2. The molecule has 1 amide bonds. The molecule has 4 rings (SSSR count). The average molecular weight is 389 g/mol. The van der Waals surface area contributed by atoms with E-state index in [0.29, 0.717) is 13.0 Å². The van der Waals surface area contributed by atoms with Crippen LogP contribution in [0.15, 0.2) is 18.2 Å². The predicted molar refractivity (Wildman–Crippen MR) is 106 cm³/mol. The number of carbonyl (C=O) groups excluding carboxylic acids is 1. The Bertz CT molecular complexity index is 689. The highest BCUT2D eigenvalue weighted by Crippen LogP contribution is 2.32. The Labute approximate surface area is 167 Å². The molecule has 154 valence electrons. The maximum absolute atomic E-state index is 12.9. The van der Waals surface area contributed by atoms with E-state index in [1.807, 2.05) is 23.1 Å². The van der Waals surface area contributed by atoms with Gasteiger partial charge in [0.25, 0.3) is 5.91 Å². The SMILES string of the molecule is O=C1N(CCC2CCCCC2)CCCC1(O)CNCc1ccc2c(c1)OCO2. The number of likely N-dealkylation sites (tertiary alicyclic amines) is 1. The van der Waals surface area contributed by atoms with Gasteiger partial charge in [-0.1, -0.05) is 38.2 Å². The van der Waals surface area contributed by atoms with Crippen LogP contribution in [0, 0.1) is 5.92 Å². The molecule has 1 aliphatic carbocycles. The largest absolute Gasteiger partial charge is 0.454 e. The lowest BCUT2D eigenvalue weighted by Gasteiger charge is -2.39. The highest BCUT2D eigenvalue weighted by molar-refractivity contribution is 5.86. The van der Waals surface area contributed by atoms with Gasteiger partial charge in [-0.3, -0.25) is 4.79 Å². The van der Waals surface area contributed by atoms with E-state index in [0.717, 1.165) is 48.9 Å². The first-order chi connectivity index (χ1) is 13.6. The molecule has 1 aromatic rings. The molecule has 0 spiro atoms. The normalized spacial score (nSPS) is 25.3. The van der Waals surface area contributed by atoms with Crippen molar-refractivity contribution >= 4 is 5.91 Å². The van der Waals surface area contributed by atoms with Crippen molar-refractivity contribution in [1.29, 1.82) is 0 Å². The summed E-state index contributed by atoms with van der Waals surface area (Å²) in [6.45, 7) is 2.68. The highest BCUT2D eigenvalue weighted by atomic mass is 16.7. The van der Waals surface area contributed by atoms with Crippen molar-refractivity contribution in [1.82, 2.24) is 10.2 Å². The number of rotatable bonds is 7. The molecule has 2 heterocycles. The zero-order valence-corrected chi connectivity index (χ0v) is 16.6. The van der Waals surface area contributed by atoms with Crippen molar-refractivity contribution in [3.63, 3.8) is 0 Å². The topological polar surface area (TPSA) is 71.0 Å². The van der Waals surface area contributed by atoms with Gasteiger partial charge in [0.15, 0.2) is 17.1 Å². The summed E-state index contributed by atoms with van der Waals surface area (Å²) in [5.41, 5.74) is -0.244. The van der Waals surface area contributed by atoms with E-state index in [4.69, 9.17) is 9.47 Å². The predicted octanol–water partition coefficient (Wildman–Crippen LogP) is 2.83. The quantitative estimate of drug-likeness (QED) is 0.752. The lowest BCUT2D eigenvalue weighted by Crippen LogP contribution is -2.58. The molecule has 28 heavy (non-hydrogen) atoms. The molecule has 2 fully saturated rings. The average Bonchev–Trinajstić information content (AvgIpc) is 3.18. The Kier molecular flexibility index (Phi) is 6.07. The first-order valence-corrected chi connectivity index (χ1v) is 10.7. The maximum Gasteiger partial charge on any atom is 0.255 e. The van der Waals surface area contributed by atoms with Crippen LogP contribution in [0.1, 0.15) is 56.9 Å². The molecular weight excluding hydrogens is 356 g/mol. The zero-order valence-electron chi connectivity index (χ0n) is 16.6. The number of nitrogens with one attached hydrogen (secondary N) is 1. The van der Waals surface area contributed by atoms with E-state index < -0.39 is 5.60 Å². The maximum atomic E-state index is 12.9. The molecule has 3 aliphatic rings. The second kappa shape index (κ2) is 8.70. The van der Waals surface area contributed by atoms with Gasteiger partial charge in [-0.15, -0.1) is 0 Å². The number of hydrogen-bond acceptors (Lipinski definition) is 5. The summed E-state index contributed by atoms with van der Waals surface area (Å²) in [6.07, 6.45) is 9.06. The molecule has 1 atom stereocenters. The minimum atomic E-state index is -1.29. The fraction of sp³-hybridized carbons (Fsp3) is 0.682. The molecule has 0 radical (unpaired) electrons. The van der Waals surface area contributed by atoms with Gasteiger partial charge in [-0.25, -0.2) is 0 Å². The van der Waals surface area contributed by atoms with Crippen molar-refractivity contribution < 1.29 is 19.4 Å². The Morgan fingerprint density at radius 2 is 1.96 bits per heavy atom. The summed E-state index contributed by atoms with van der Waals surface area (Å²) in [5.74, 6) is 2.16. The summed E-state index contributed by atoms with van der Waals surface area (Å²) in [6, 6.07) is 5.81. The molecule has 1 aromatic carbocycles. The first kappa shape index (κ1) is 19.5. The third-order valence-corrected chi connectivity index (χ3v) is 6.42. The molecule has 2 aliphatic heterocycles. The first-order valence-electron chi connectivity index (χ1n) is 10.7. The van der Waals surface area contributed by atoms with Crippen molar-refractivity contribution in [2.45, 2.75) is 63.5 Å². The minimum absolute atomic E-state index is 0.104. The Morgan fingerprint density at radius 3 is 2.82 bits per heavy atom. The Balaban J connectivity index is 1.27. The molecular formula is C22H32N2O4. The number of amides is 1. The fourth-order valence-electron chi connectivity index (χ4n) is 4.72. The number of aliphatic hydroxyl groups is 1. The molecule has 0 aromatic heterocycles. The lowest BCUT2D eigenvalue weighted by molar-refractivity contribution is -0.156. The van der Waals surface area contributed by atoms with Gasteiger partial charge in [-0.2, -0.15) is 0 Å². The monoisotopic (exact) mass is 388 g/mol. The van der Waals surface area contributed by atoms with E-state index in [9.17, 15) is 9.90 Å². The molecule has 6 nitrogen and oxygen atoms in total. The van der Waals surface area contributed by atoms with Crippen LogP contribution in [-0.2, 0) is 11.3 Å². The number of fused-ring (bicyclic) bond motifs is 1. The second-order valence-electron chi connectivity index (χ2n) is 8.51. The van der Waals surface area contributed by atoms with Crippen LogP contribution in [0.3, 0.4) is 0 Å². The molecule has 1 saturated carbocycles. The Morgan fingerprint density at radius 1 is 1.14 bits per heavy atom. The van der Waals surface area contributed by atoms with Gasteiger partial charge in [-0.05, 0) is 42.9 Å². The molecule has 0 bridgehead atoms. The van der Waals surface area contributed by atoms with Crippen LogP contribution >= 0.6 is 0 Å². The summed E-state index contributed by atoms with van der Waals surface area (Å²) in [4.78, 5) is 14.8. The van der Waals surface area contributed by atoms with Crippen molar-refractivity contribution in [3.05, 3.63) is 23.8 Å². The van der Waals surface area contributed by atoms with Crippen LogP contribution in [0.2, 0.25) is 0 Å². The molecule has 2 N–H and O–H groups in total. The number of hydrogen-bond donors (Lipinski definition) is 2. The summed E-state index contributed by atoms with van der Waals surface area (Å²) < 4.78 is 10.7.